The summed E-state index contributed by atoms with van der Waals surface area (Å²) in [6.07, 6.45) is 0.934. The molecule has 174 valence electrons. The monoisotopic (exact) mass is 470 g/mol. The maximum Gasteiger partial charge on any atom is 0.246 e. The summed E-state index contributed by atoms with van der Waals surface area (Å²) in [4.78, 5) is 12.6. The van der Waals surface area contributed by atoms with Gasteiger partial charge >= 0.3 is 0 Å². The summed E-state index contributed by atoms with van der Waals surface area (Å²) in [5.74, 6) is -1.21. The standard InChI is InChI=1S/C24H27FN4O3S/c1-17-20(18(2)28(27-17)16-19-9-4-3-5-10-19)15-26-24(30)22-12-8-14-29(22)33(31,32)23-13-7-6-11-21(23)25/h3-7,9-11,13,22H,8,12,14-16H2,1-2H3,(H,26,30). The molecule has 4 rings (SSSR count). The van der Waals surface area contributed by atoms with Crippen molar-refractivity contribution in [1.29, 1.82) is 0 Å². The third-order valence-electron chi connectivity index (χ3n) is 6.08. The van der Waals surface area contributed by atoms with Gasteiger partial charge in [0.15, 0.2) is 0 Å². The van der Waals surface area contributed by atoms with Gasteiger partial charge < -0.3 is 5.32 Å². The maximum atomic E-state index is 14.2. The summed E-state index contributed by atoms with van der Waals surface area (Å²) in [5.41, 5.74) is 3.78. The van der Waals surface area contributed by atoms with Crippen LogP contribution in [0.4, 0.5) is 4.39 Å². The SMILES string of the molecule is Cc1nn(Cc2ccccc2)c(C)c1CNC(=O)C1CCCN1S(=O)(=O)c1ccccc1F. The predicted octanol–water partition coefficient (Wildman–Crippen LogP) is 3.16. The zero-order valence-corrected chi connectivity index (χ0v) is 19.5. The summed E-state index contributed by atoms with van der Waals surface area (Å²) in [6.45, 7) is 4.89. The van der Waals surface area contributed by atoms with E-state index in [0.29, 0.717) is 19.4 Å². The van der Waals surface area contributed by atoms with Crippen molar-refractivity contribution in [3.05, 3.63) is 82.9 Å². The van der Waals surface area contributed by atoms with Gasteiger partial charge in [0.25, 0.3) is 0 Å². The van der Waals surface area contributed by atoms with Crippen LogP contribution in [-0.4, -0.2) is 41.0 Å². The van der Waals surface area contributed by atoms with E-state index in [-0.39, 0.29) is 19.0 Å². The Morgan fingerprint density at radius 1 is 1.12 bits per heavy atom. The van der Waals surface area contributed by atoms with Gasteiger partial charge in [-0.05, 0) is 44.4 Å². The molecule has 1 amide bonds. The molecule has 0 bridgehead atoms. The second kappa shape index (κ2) is 9.44. The molecule has 1 unspecified atom stereocenters. The lowest BCUT2D eigenvalue weighted by molar-refractivity contribution is -0.124. The number of amides is 1. The summed E-state index contributed by atoms with van der Waals surface area (Å²) in [7, 11) is -4.11. The first-order valence-corrected chi connectivity index (χ1v) is 12.3. The molecule has 33 heavy (non-hydrogen) atoms. The molecule has 0 aliphatic carbocycles. The molecule has 1 saturated heterocycles. The number of halogens is 1. The first kappa shape index (κ1) is 23.1. The maximum absolute atomic E-state index is 14.2. The lowest BCUT2D eigenvalue weighted by Crippen LogP contribution is -2.45. The number of hydrogen-bond acceptors (Lipinski definition) is 4. The number of carbonyl (C=O) groups is 1. The molecule has 0 radical (unpaired) electrons. The molecule has 9 heteroatoms. The smallest absolute Gasteiger partial charge is 0.246 e. The van der Waals surface area contributed by atoms with Crippen LogP contribution in [0.3, 0.4) is 0 Å². The van der Waals surface area contributed by atoms with E-state index in [1.165, 1.54) is 18.2 Å². The van der Waals surface area contributed by atoms with Crippen LogP contribution in [0.2, 0.25) is 0 Å². The van der Waals surface area contributed by atoms with Gasteiger partial charge in [-0.1, -0.05) is 42.5 Å². The molecule has 7 nitrogen and oxygen atoms in total. The summed E-state index contributed by atoms with van der Waals surface area (Å²) in [6, 6.07) is 14.4. The molecule has 1 aromatic heterocycles. The second-order valence-corrected chi connectivity index (χ2v) is 10.1. The van der Waals surface area contributed by atoms with E-state index in [1.807, 2.05) is 48.9 Å². The quantitative estimate of drug-likeness (QED) is 0.575. The molecule has 3 aromatic rings. The Hall–Kier alpha value is -3.04. The highest BCUT2D eigenvalue weighted by atomic mass is 32.2. The number of hydrogen-bond donors (Lipinski definition) is 1. The zero-order chi connectivity index (χ0) is 23.6. The van der Waals surface area contributed by atoms with Crippen LogP contribution < -0.4 is 5.32 Å². The van der Waals surface area contributed by atoms with Gasteiger partial charge in [-0.25, -0.2) is 12.8 Å². The van der Waals surface area contributed by atoms with E-state index in [9.17, 15) is 17.6 Å². The summed E-state index contributed by atoms with van der Waals surface area (Å²) in [5, 5.41) is 7.48. The van der Waals surface area contributed by atoms with E-state index in [1.54, 1.807) is 0 Å². The van der Waals surface area contributed by atoms with E-state index < -0.39 is 26.8 Å². The molecule has 2 aromatic carbocycles. The minimum Gasteiger partial charge on any atom is -0.350 e. The van der Waals surface area contributed by atoms with Crippen molar-refractivity contribution in [2.24, 2.45) is 0 Å². The Labute approximate surface area is 193 Å². The third kappa shape index (κ3) is 4.69. The minimum absolute atomic E-state index is 0.182. The Morgan fingerprint density at radius 3 is 2.55 bits per heavy atom. The third-order valence-corrected chi connectivity index (χ3v) is 8.02. The van der Waals surface area contributed by atoms with Gasteiger partial charge in [-0.2, -0.15) is 9.40 Å². The van der Waals surface area contributed by atoms with Gasteiger partial charge in [0, 0.05) is 24.3 Å². The number of benzene rings is 2. The van der Waals surface area contributed by atoms with E-state index in [2.05, 4.69) is 10.4 Å². The first-order valence-electron chi connectivity index (χ1n) is 10.9. The normalized spacial score (nSPS) is 16.8. The average Bonchev–Trinajstić information content (AvgIpc) is 3.39. The van der Waals surface area contributed by atoms with E-state index in [0.717, 1.165) is 32.9 Å². The van der Waals surface area contributed by atoms with Crippen LogP contribution in [-0.2, 0) is 27.9 Å². The lowest BCUT2D eigenvalue weighted by atomic mass is 10.1. The van der Waals surface area contributed by atoms with Crippen molar-refractivity contribution >= 4 is 15.9 Å². The molecule has 1 fully saturated rings. The van der Waals surface area contributed by atoms with Crippen molar-refractivity contribution in [2.45, 2.75) is 50.7 Å². The van der Waals surface area contributed by atoms with Crippen molar-refractivity contribution in [1.82, 2.24) is 19.4 Å². The van der Waals surface area contributed by atoms with Crippen LogP contribution in [0.15, 0.2) is 59.5 Å². The number of sulfonamides is 1. The average molecular weight is 471 g/mol. The van der Waals surface area contributed by atoms with Gasteiger partial charge in [0.1, 0.15) is 16.8 Å². The van der Waals surface area contributed by atoms with Crippen LogP contribution in [0.5, 0.6) is 0 Å². The molecule has 0 spiro atoms. The Bertz CT molecular complexity index is 1260. The topological polar surface area (TPSA) is 84.3 Å². The van der Waals surface area contributed by atoms with Crippen molar-refractivity contribution < 1.29 is 17.6 Å². The minimum atomic E-state index is -4.11. The number of aryl methyl sites for hydroxylation is 1. The molecule has 0 saturated carbocycles. The van der Waals surface area contributed by atoms with Gasteiger partial charge in [-0.15, -0.1) is 0 Å². The number of rotatable bonds is 7. The molecule has 1 atom stereocenters. The highest BCUT2D eigenvalue weighted by Crippen LogP contribution is 2.27. The fourth-order valence-electron chi connectivity index (χ4n) is 4.26. The number of nitrogens with one attached hydrogen (secondary N) is 1. The number of nitrogens with zero attached hydrogens (tertiary/aromatic N) is 3. The molecule has 2 heterocycles. The second-order valence-electron chi connectivity index (χ2n) is 8.21. The molecule has 1 aliphatic rings. The largest absolute Gasteiger partial charge is 0.350 e. The van der Waals surface area contributed by atoms with Gasteiger partial charge in [0.05, 0.1) is 12.2 Å². The van der Waals surface area contributed by atoms with Gasteiger partial charge in [-0.3, -0.25) is 9.48 Å². The Kier molecular flexibility index (Phi) is 6.62. The van der Waals surface area contributed by atoms with Crippen LogP contribution in [0, 0.1) is 19.7 Å². The summed E-state index contributed by atoms with van der Waals surface area (Å²) < 4.78 is 43.2. The number of aromatic nitrogens is 2. The zero-order valence-electron chi connectivity index (χ0n) is 18.7. The summed E-state index contributed by atoms with van der Waals surface area (Å²) >= 11 is 0. The van der Waals surface area contributed by atoms with Crippen LogP contribution in [0.1, 0.15) is 35.4 Å². The molecular weight excluding hydrogens is 443 g/mol. The highest BCUT2D eigenvalue weighted by molar-refractivity contribution is 7.89. The van der Waals surface area contributed by atoms with Crippen LogP contribution in [0.25, 0.3) is 0 Å². The first-order chi connectivity index (χ1) is 15.8. The Balaban J connectivity index is 1.47. The van der Waals surface area contributed by atoms with Crippen molar-refractivity contribution in [3.8, 4) is 0 Å². The predicted molar refractivity (Wildman–Crippen MR) is 122 cm³/mol. The van der Waals surface area contributed by atoms with Gasteiger partial charge in [0.2, 0.25) is 15.9 Å². The number of carbonyl (C=O) groups excluding carboxylic acids is 1. The van der Waals surface area contributed by atoms with Crippen LogP contribution >= 0.6 is 0 Å². The lowest BCUT2D eigenvalue weighted by Gasteiger charge is -2.23. The molecular formula is C24H27FN4O3S. The fraction of sp³-hybridized carbons (Fsp3) is 0.333. The molecule has 1 N–H and O–H groups in total. The van der Waals surface area contributed by atoms with E-state index in [4.69, 9.17) is 0 Å². The molecule has 1 aliphatic heterocycles. The van der Waals surface area contributed by atoms with Crippen molar-refractivity contribution in [2.75, 3.05) is 6.54 Å². The Morgan fingerprint density at radius 2 is 1.82 bits per heavy atom. The van der Waals surface area contributed by atoms with E-state index >= 15 is 0 Å². The highest BCUT2D eigenvalue weighted by Gasteiger charge is 2.40. The fourth-order valence-corrected chi connectivity index (χ4v) is 5.99. The van der Waals surface area contributed by atoms with Crippen molar-refractivity contribution in [3.63, 3.8) is 0 Å².